The fourth-order valence-electron chi connectivity index (χ4n) is 1.68. The molecule has 1 heterocycles. The van der Waals surface area contributed by atoms with E-state index in [1.54, 1.807) is 6.20 Å². The number of anilines is 1. The third kappa shape index (κ3) is 5.60. The summed E-state index contributed by atoms with van der Waals surface area (Å²) < 4.78 is 36.9. The summed E-state index contributed by atoms with van der Waals surface area (Å²) in [6, 6.07) is 1.44. The molecule has 0 unspecified atom stereocenters. The molecular formula is C12H19F3N4O. The first-order valence-electron chi connectivity index (χ1n) is 6.39. The molecule has 1 rings (SSSR count). The smallest absolute Gasteiger partial charge is 0.373 e. The van der Waals surface area contributed by atoms with Crippen LogP contribution in [0.3, 0.4) is 0 Å². The Labute approximate surface area is 115 Å². The van der Waals surface area contributed by atoms with Crippen molar-refractivity contribution in [2.24, 2.45) is 0 Å². The van der Waals surface area contributed by atoms with Gasteiger partial charge < -0.3 is 10.2 Å². The SMILES string of the molecule is CCCN(C)c1cnn(CCNCC(F)(F)F)c(=O)c1. The van der Waals surface area contributed by atoms with Crippen molar-refractivity contribution in [1.29, 1.82) is 0 Å². The highest BCUT2D eigenvalue weighted by Crippen LogP contribution is 2.11. The zero-order chi connectivity index (χ0) is 15.2. The molecule has 0 aliphatic carbocycles. The molecule has 0 saturated carbocycles. The van der Waals surface area contributed by atoms with Gasteiger partial charge in [-0.3, -0.25) is 4.79 Å². The second-order valence-electron chi connectivity index (χ2n) is 4.49. The van der Waals surface area contributed by atoms with Gasteiger partial charge >= 0.3 is 6.18 Å². The zero-order valence-electron chi connectivity index (χ0n) is 11.6. The highest BCUT2D eigenvalue weighted by atomic mass is 19.4. The average molecular weight is 292 g/mol. The minimum absolute atomic E-state index is 0.0383. The number of nitrogens with zero attached hydrogens (tertiary/aromatic N) is 3. The molecule has 0 fully saturated rings. The Morgan fingerprint density at radius 1 is 1.45 bits per heavy atom. The van der Waals surface area contributed by atoms with Crippen LogP contribution in [0, 0.1) is 0 Å². The van der Waals surface area contributed by atoms with Crippen molar-refractivity contribution >= 4 is 5.69 Å². The first kappa shape index (κ1) is 16.5. The summed E-state index contributed by atoms with van der Waals surface area (Å²) in [5.74, 6) is 0. The lowest BCUT2D eigenvalue weighted by molar-refractivity contribution is -0.124. The van der Waals surface area contributed by atoms with Crippen LogP contribution in [0.4, 0.5) is 18.9 Å². The zero-order valence-corrected chi connectivity index (χ0v) is 11.6. The molecule has 0 radical (unpaired) electrons. The summed E-state index contributed by atoms with van der Waals surface area (Å²) in [6.07, 6.45) is -1.76. The van der Waals surface area contributed by atoms with Gasteiger partial charge in [-0.1, -0.05) is 6.92 Å². The van der Waals surface area contributed by atoms with E-state index in [0.717, 1.165) is 17.6 Å². The number of alkyl halides is 3. The molecule has 8 heteroatoms. The Balaban J connectivity index is 2.54. The second-order valence-corrected chi connectivity index (χ2v) is 4.49. The summed E-state index contributed by atoms with van der Waals surface area (Å²) in [4.78, 5) is 13.7. The molecule has 20 heavy (non-hydrogen) atoms. The maximum atomic E-state index is 11.9. The van der Waals surface area contributed by atoms with Crippen LogP contribution in [0.25, 0.3) is 0 Å². The molecule has 0 aliphatic rings. The third-order valence-electron chi connectivity index (χ3n) is 2.68. The van der Waals surface area contributed by atoms with Gasteiger partial charge in [0.15, 0.2) is 0 Å². The van der Waals surface area contributed by atoms with Crippen LogP contribution in [-0.4, -0.2) is 42.6 Å². The van der Waals surface area contributed by atoms with Gasteiger partial charge in [-0.05, 0) is 6.42 Å². The van der Waals surface area contributed by atoms with Gasteiger partial charge in [-0.2, -0.15) is 18.3 Å². The summed E-state index contributed by atoms with van der Waals surface area (Å²) in [5.41, 5.74) is 0.385. The Morgan fingerprint density at radius 3 is 2.70 bits per heavy atom. The predicted molar refractivity (Wildman–Crippen MR) is 71.0 cm³/mol. The average Bonchev–Trinajstić information content (AvgIpc) is 2.35. The minimum Gasteiger partial charge on any atom is -0.373 e. The molecule has 0 amide bonds. The van der Waals surface area contributed by atoms with Crippen LogP contribution in [0.2, 0.25) is 0 Å². The van der Waals surface area contributed by atoms with Gasteiger partial charge in [0.25, 0.3) is 5.56 Å². The Hall–Kier alpha value is -1.57. The molecule has 0 bridgehead atoms. The van der Waals surface area contributed by atoms with Crippen molar-refractivity contribution in [2.75, 3.05) is 31.6 Å². The van der Waals surface area contributed by atoms with E-state index in [9.17, 15) is 18.0 Å². The maximum absolute atomic E-state index is 11.9. The number of rotatable bonds is 7. The molecule has 0 spiro atoms. The van der Waals surface area contributed by atoms with Gasteiger partial charge in [0.05, 0.1) is 25.0 Å². The Kier molecular flexibility index (Phi) is 6.00. The van der Waals surface area contributed by atoms with E-state index in [2.05, 4.69) is 10.4 Å². The maximum Gasteiger partial charge on any atom is 0.401 e. The largest absolute Gasteiger partial charge is 0.401 e. The van der Waals surface area contributed by atoms with Crippen molar-refractivity contribution in [2.45, 2.75) is 26.1 Å². The van der Waals surface area contributed by atoms with E-state index >= 15 is 0 Å². The van der Waals surface area contributed by atoms with Crippen molar-refractivity contribution in [1.82, 2.24) is 15.1 Å². The lowest BCUT2D eigenvalue weighted by Crippen LogP contribution is -2.34. The highest BCUT2D eigenvalue weighted by Gasteiger charge is 2.25. The molecule has 0 aliphatic heterocycles. The van der Waals surface area contributed by atoms with E-state index in [0.29, 0.717) is 5.69 Å². The van der Waals surface area contributed by atoms with Crippen LogP contribution < -0.4 is 15.8 Å². The summed E-state index contributed by atoms with van der Waals surface area (Å²) >= 11 is 0. The van der Waals surface area contributed by atoms with E-state index in [1.165, 1.54) is 6.07 Å². The molecular weight excluding hydrogens is 273 g/mol. The first-order chi connectivity index (χ1) is 9.33. The van der Waals surface area contributed by atoms with E-state index in [1.807, 2.05) is 18.9 Å². The molecule has 5 nitrogen and oxygen atoms in total. The number of hydrogen-bond acceptors (Lipinski definition) is 4. The van der Waals surface area contributed by atoms with Gasteiger partial charge in [0.1, 0.15) is 0 Å². The number of hydrogen-bond donors (Lipinski definition) is 1. The van der Waals surface area contributed by atoms with Gasteiger partial charge in [-0.25, -0.2) is 4.68 Å². The highest BCUT2D eigenvalue weighted by molar-refractivity contribution is 5.41. The normalized spacial score (nSPS) is 11.7. The predicted octanol–water partition coefficient (Wildman–Crippen LogP) is 1.24. The fourth-order valence-corrected chi connectivity index (χ4v) is 1.68. The summed E-state index contributed by atoms with van der Waals surface area (Å²) in [5, 5.41) is 6.18. The number of nitrogens with one attached hydrogen (secondary N) is 1. The van der Waals surface area contributed by atoms with Crippen molar-refractivity contribution in [3.8, 4) is 0 Å². The van der Waals surface area contributed by atoms with E-state index in [4.69, 9.17) is 0 Å². The van der Waals surface area contributed by atoms with Crippen molar-refractivity contribution in [3.63, 3.8) is 0 Å². The van der Waals surface area contributed by atoms with Gasteiger partial charge in [0.2, 0.25) is 0 Å². The van der Waals surface area contributed by atoms with Crippen LogP contribution in [0.1, 0.15) is 13.3 Å². The van der Waals surface area contributed by atoms with E-state index in [-0.39, 0.29) is 18.6 Å². The van der Waals surface area contributed by atoms with Crippen LogP contribution in [-0.2, 0) is 6.54 Å². The lowest BCUT2D eigenvalue weighted by atomic mass is 10.3. The molecule has 1 aromatic heterocycles. The Bertz CT molecular complexity index is 473. The molecule has 0 atom stereocenters. The van der Waals surface area contributed by atoms with Crippen LogP contribution in [0.5, 0.6) is 0 Å². The quantitative estimate of drug-likeness (QED) is 0.768. The van der Waals surface area contributed by atoms with Gasteiger partial charge in [0, 0.05) is 26.2 Å². The molecule has 0 aromatic carbocycles. The lowest BCUT2D eigenvalue weighted by Gasteiger charge is -2.17. The summed E-state index contributed by atoms with van der Waals surface area (Å²) in [7, 11) is 1.86. The van der Waals surface area contributed by atoms with Gasteiger partial charge in [-0.15, -0.1) is 0 Å². The monoisotopic (exact) mass is 292 g/mol. The summed E-state index contributed by atoms with van der Waals surface area (Å²) in [6.45, 7) is 1.90. The molecule has 1 N–H and O–H groups in total. The fraction of sp³-hybridized carbons (Fsp3) is 0.667. The molecule has 114 valence electrons. The number of halogens is 3. The first-order valence-corrected chi connectivity index (χ1v) is 6.39. The minimum atomic E-state index is -4.24. The van der Waals surface area contributed by atoms with Crippen LogP contribution in [0.15, 0.2) is 17.1 Å². The Morgan fingerprint density at radius 2 is 2.15 bits per heavy atom. The second kappa shape index (κ2) is 7.28. The molecule has 1 aromatic rings. The van der Waals surface area contributed by atoms with Crippen molar-refractivity contribution < 1.29 is 13.2 Å². The third-order valence-corrected chi connectivity index (χ3v) is 2.68. The standard InChI is InChI=1S/C12H19F3N4O/c1-3-5-18(2)10-7-11(20)19(17-8-10)6-4-16-9-12(13,14)15/h7-8,16H,3-6,9H2,1-2H3. The number of aromatic nitrogens is 2. The topological polar surface area (TPSA) is 50.2 Å². The van der Waals surface area contributed by atoms with Crippen molar-refractivity contribution in [3.05, 3.63) is 22.6 Å². The molecule has 0 saturated heterocycles. The van der Waals surface area contributed by atoms with Crippen LogP contribution >= 0.6 is 0 Å². The van der Waals surface area contributed by atoms with E-state index < -0.39 is 12.7 Å².